The molecule has 12 heteroatoms. The number of alkyl halides is 3. The third-order valence-electron chi connectivity index (χ3n) is 4.91. The minimum absolute atomic E-state index is 0.0147. The van der Waals surface area contributed by atoms with Crippen LogP contribution in [0.1, 0.15) is 26.3 Å². The van der Waals surface area contributed by atoms with E-state index in [1.807, 2.05) is 20.8 Å². The third kappa shape index (κ3) is 4.73. The minimum atomic E-state index is -4.64. The molecule has 2 aromatic rings. The molecule has 1 aromatic carbocycles. The molecule has 1 fully saturated rings. The van der Waals surface area contributed by atoms with E-state index in [4.69, 9.17) is 11.6 Å². The Morgan fingerprint density at radius 3 is 2.23 bits per heavy atom. The molecule has 1 aromatic heterocycles. The number of rotatable bonds is 3. The van der Waals surface area contributed by atoms with Gasteiger partial charge < -0.3 is 4.90 Å². The average Bonchev–Trinajstić information content (AvgIpc) is 2.68. The van der Waals surface area contributed by atoms with Gasteiger partial charge in [-0.25, -0.2) is 13.1 Å². The normalized spacial score (nSPS) is 16.5. The molecule has 0 N–H and O–H groups in total. The molecule has 0 spiro atoms. The van der Waals surface area contributed by atoms with Crippen LogP contribution in [0.5, 0.6) is 0 Å². The van der Waals surface area contributed by atoms with E-state index in [-0.39, 0.29) is 31.2 Å². The summed E-state index contributed by atoms with van der Waals surface area (Å²) < 4.78 is 66.9. The molecular weight excluding hydrogens is 457 g/mol. The predicted octanol–water partition coefficient (Wildman–Crippen LogP) is 3.18. The first kappa shape index (κ1) is 23.6. The summed E-state index contributed by atoms with van der Waals surface area (Å²) in [5.41, 5.74) is -1.64. The number of hydrogen-bond acceptors (Lipinski definition) is 5. The van der Waals surface area contributed by atoms with Crippen LogP contribution < -0.4 is 10.5 Å². The molecule has 1 saturated heterocycles. The molecule has 0 atom stereocenters. The third-order valence-corrected chi connectivity index (χ3v) is 7.16. The first-order valence-corrected chi connectivity index (χ1v) is 11.3. The zero-order valence-corrected chi connectivity index (χ0v) is 18.7. The Kier molecular flexibility index (Phi) is 6.16. The van der Waals surface area contributed by atoms with Crippen molar-refractivity contribution in [3.63, 3.8) is 0 Å². The summed E-state index contributed by atoms with van der Waals surface area (Å²) in [4.78, 5) is 13.9. The fraction of sp³-hybridized carbons (Fsp3) is 0.474. The van der Waals surface area contributed by atoms with Crippen molar-refractivity contribution in [3.05, 3.63) is 51.4 Å². The minimum Gasteiger partial charge on any atom is -0.366 e. The smallest absolute Gasteiger partial charge is 0.366 e. The van der Waals surface area contributed by atoms with E-state index in [2.05, 4.69) is 5.10 Å². The Hall–Kier alpha value is -2.11. The van der Waals surface area contributed by atoms with Gasteiger partial charge in [-0.05, 0) is 39.0 Å². The SMILES string of the molecule is CC(C)(C)n1ncc(N2CCN(S(=O)(=O)c3cccc(C(F)(F)F)c3)CC2)c(Cl)c1=O. The van der Waals surface area contributed by atoms with Gasteiger partial charge in [-0.3, -0.25) is 4.79 Å². The fourth-order valence-electron chi connectivity index (χ4n) is 3.27. The van der Waals surface area contributed by atoms with Crippen molar-refractivity contribution in [1.82, 2.24) is 14.1 Å². The molecule has 2 heterocycles. The molecule has 0 amide bonds. The second-order valence-corrected chi connectivity index (χ2v) is 10.5. The molecular formula is C19H22ClF3N4O3S. The van der Waals surface area contributed by atoms with Crippen molar-refractivity contribution in [3.8, 4) is 0 Å². The summed E-state index contributed by atoms with van der Waals surface area (Å²) >= 11 is 6.27. The van der Waals surface area contributed by atoms with Crippen molar-refractivity contribution in [2.75, 3.05) is 31.1 Å². The Balaban J connectivity index is 1.80. The topological polar surface area (TPSA) is 75.5 Å². The highest BCUT2D eigenvalue weighted by molar-refractivity contribution is 7.89. The van der Waals surface area contributed by atoms with E-state index in [0.717, 1.165) is 22.5 Å². The summed E-state index contributed by atoms with van der Waals surface area (Å²) in [6.45, 7) is 5.91. The van der Waals surface area contributed by atoms with Gasteiger partial charge in [0, 0.05) is 26.2 Å². The van der Waals surface area contributed by atoms with Crippen LogP contribution in [0.4, 0.5) is 18.9 Å². The number of halogens is 4. The molecule has 1 aliphatic rings. The maximum atomic E-state index is 12.9. The first-order chi connectivity index (χ1) is 14.2. The molecule has 3 rings (SSSR count). The van der Waals surface area contributed by atoms with Gasteiger partial charge in [0.2, 0.25) is 10.0 Å². The lowest BCUT2D eigenvalue weighted by molar-refractivity contribution is -0.137. The molecule has 170 valence electrons. The predicted molar refractivity (Wildman–Crippen MR) is 111 cm³/mol. The lowest BCUT2D eigenvalue weighted by atomic mass is 10.1. The van der Waals surface area contributed by atoms with Gasteiger partial charge in [0.1, 0.15) is 5.02 Å². The Bertz CT molecular complexity index is 1140. The lowest BCUT2D eigenvalue weighted by Crippen LogP contribution is -2.49. The zero-order valence-electron chi connectivity index (χ0n) is 17.1. The number of nitrogens with zero attached hydrogens (tertiary/aromatic N) is 4. The number of sulfonamides is 1. The van der Waals surface area contributed by atoms with Crippen molar-refractivity contribution in [2.24, 2.45) is 0 Å². The van der Waals surface area contributed by atoms with Gasteiger partial charge in [0.15, 0.2) is 0 Å². The summed E-state index contributed by atoms with van der Waals surface area (Å²) in [7, 11) is -4.10. The Labute approximate surface area is 183 Å². The molecule has 0 aliphatic carbocycles. The van der Waals surface area contributed by atoms with Gasteiger partial charge >= 0.3 is 6.18 Å². The molecule has 7 nitrogen and oxygen atoms in total. The maximum absolute atomic E-state index is 12.9. The van der Waals surface area contributed by atoms with E-state index in [9.17, 15) is 26.4 Å². The largest absolute Gasteiger partial charge is 0.416 e. The zero-order chi connectivity index (χ0) is 23.2. The van der Waals surface area contributed by atoms with E-state index >= 15 is 0 Å². The number of benzene rings is 1. The monoisotopic (exact) mass is 478 g/mol. The van der Waals surface area contributed by atoms with Gasteiger partial charge in [-0.2, -0.15) is 22.6 Å². The highest BCUT2D eigenvalue weighted by Gasteiger charge is 2.34. The number of anilines is 1. The number of hydrogen-bond donors (Lipinski definition) is 0. The van der Waals surface area contributed by atoms with Gasteiger partial charge in [0.05, 0.1) is 27.9 Å². The van der Waals surface area contributed by atoms with Gasteiger partial charge in [-0.15, -0.1) is 0 Å². The standard InChI is InChI=1S/C19H22ClF3N4O3S/c1-18(2,3)27-17(28)16(20)15(12-24-27)25-7-9-26(10-8-25)31(29,30)14-6-4-5-13(11-14)19(21,22)23/h4-6,11-12H,7-10H2,1-3H3. The Morgan fingerprint density at radius 1 is 1.06 bits per heavy atom. The average molecular weight is 479 g/mol. The molecule has 0 bridgehead atoms. The van der Waals surface area contributed by atoms with Crippen LogP contribution in [0.25, 0.3) is 0 Å². The lowest BCUT2D eigenvalue weighted by Gasteiger charge is -2.35. The van der Waals surface area contributed by atoms with Gasteiger partial charge in [-0.1, -0.05) is 17.7 Å². The summed E-state index contributed by atoms with van der Waals surface area (Å²) in [5.74, 6) is 0. The maximum Gasteiger partial charge on any atom is 0.416 e. The fourth-order valence-corrected chi connectivity index (χ4v) is 4.99. The molecule has 0 unspecified atom stereocenters. The Morgan fingerprint density at radius 2 is 1.68 bits per heavy atom. The van der Waals surface area contributed by atoms with Crippen LogP contribution in [0.2, 0.25) is 5.02 Å². The summed E-state index contributed by atoms with van der Waals surface area (Å²) in [6.07, 6.45) is -3.17. The number of aromatic nitrogens is 2. The van der Waals surface area contributed by atoms with Crippen LogP contribution >= 0.6 is 11.6 Å². The van der Waals surface area contributed by atoms with Crippen LogP contribution in [0.15, 0.2) is 40.2 Å². The van der Waals surface area contributed by atoms with E-state index < -0.39 is 37.8 Å². The van der Waals surface area contributed by atoms with Crippen molar-refractivity contribution in [2.45, 2.75) is 37.4 Å². The quantitative estimate of drug-likeness (QED) is 0.677. The van der Waals surface area contributed by atoms with Gasteiger partial charge in [0.25, 0.3) is 5.56 Å². The van der Waals surface area contributed by atoms with E-state index in [0.29, 0.717) is 11.8 Å². The van der Waals surface area contributed by atoms with Crippen molar-refractivity contribution < 1.29 is 21.6 Å². The second-order valence-electron chi connectivity index (χ2n) is 8.15. The summed E-state index contributed by atoms with van der Waals surface area (Å²) in [5, 5.41) is 4.16. The van der Waals surface area contributed by atoms with Crippen molar-refractivity contribution in [1.29, 1.82) is 0 Å². The molecule has 31 heavy (non-hydrogen) atoms. The highest BCUT2D eigenvalue weighted by Crippen LogP contribution is 2.31. The molecule has 0 radical (unpaired) electrons. The second kappa shape index (κ2) is 8.10. The van der Waals surface area contributed by atoms with Crippen molar-refractivity contribution >= 4 is 27.3 Å². The first-order valence-electron chi connectivity index (χ1n) is 9.43. The van der Waals surface area contributed by atoms with Crippen LogP contribution in [0.3, 0.4) is 0 Å². The van der Waals surface area contributed by atoms with E-state index in [1.54, 1.807) is 4.90 Å². The van der Waals surface area contributed by atoms with Crippen LogP contribution in [0, 0.1) is 0 Å². The number of piperazine rings is 1. The van der Waals surface area contributed by atoms with E-state index in [1.165, 1.54) is 10.9 Å². The summed E-state index contributed by atoms with van der Waals surface area (Å²) in [6, 6.07) is 3.67. The van der Waals surface area contributed by atoms with Crippen LogP contribution in [-0.2, 0) is 21.7 Å². The molecule has 1 aliphatic heterocycles. The molecule has 0 saturated carbocycles. The highest BCUT2D eigenvalue weighted by atomic mass is 35.5. The van der Waals surface area contributed by atoms with Crippen LogP contribution in [-0.4, -0.2) is 48.7 Å².